The zero-order valence-electron chi connectivity index (χ0n) is 18.8. The third-order valence-electron chi connectivity index (χ3n) is 6.61. The summed E-state index contributed by atoms with van der Waals surface area (Å²) in [5, 5.41) is 2.57. The molecule has 0 saturated heterocycles. The summed E-state index contributed by atoms with van der Waals surface area (Å²) in [7, 11) is 0. The molecule has 1 heterocycles. The summed E-state index contributed by atoms with van der Waals surface area (Å²) in [5.41, 5.74) is 4.85. The predicted octanol–water partition coefficient (Wildman–Crippen LogP) is 7.40. The van der Waals surface area contributed by atoms with E-state index in [1.54, 1.807) is 4.40 Å². The Hall–Kier alpha value is -1.61. The van der Waals surface area contributed by atoms with Crippen molar-refractivity contribution in [1.82, 2.24) is 4.98 Å². The van der Waals surface area contributed by atoms with Crippen molar-refractivity contribution >= 4 is 28.4 Å². The van der Waals surface area contributed by atoms with Gasteiger partial charge < -0.3 is 0 Å². The number of fused-ring (bicyclic) bond motifs is 1. The fraction of sp³-hybridized carbons (Fsp3) is 0.423. The van der Waals surface area contributed by atoms with Gasteiger partial charge in [0, 0.05) is 0 Å². The van der Waals surface area contributed by atoms with Crippen LogP contribution in [0.5, 0.6) is 0 Å². The number of benzene rings is 2. The summed E-state index contributed by atoms with van der Waals surface area (Å²) in [6.45, 7) is 19.0. The maximum absolute atomic E-state index is 4.84. The Morgan fingerprint density at radius 2 is 1.25 bits per heavy atom. The first-order chi connectivity index (χ1) is 13.2. The minimum atomic E-state index is -2.27. The second kappa shape index (κ2) is 8.02. The van der Waals surface area contributed by atoms with Crippen molar-refractivity contribution in [2.24, 2.45) is 0 Å². The number of aryl methyl sites for hydroxylation is 2. The molecule has 148 valence electrons. The number of aromatic nitrogens is 1. The van der Waals surface area contributed by atoms with Gasteiger partial charge in [-0.25, -0.2) is 0 Å². The fourth-order valence-corrected chi connectivity index (χ4v) is 19.9. The summed E-state index contributed by atoms with van der Waals surface area (Å²) in [4.78, 5) is 4.84. The van der Waals surface area contributed by atoms with Crippen molar-refractivity contribution in [2.75, 3.05) is 0 Å². The van der Waals surface area contributed by atoms with Crippen molar-refractivity contribution in [1.29, 1.82) is 0 Å². The van der Waals surface area contributed by atoms with Gasteiger partial charge in [-0.15, -0.1) is 0 Å². The van der Waals surface area contributed by atoms with Crippen LogP contribution in [0.3, 0.4) is 0 Å². The third kappa shape index (κ3) is 3.66. The Morgan fingerprint density at radius 3 is 1.79 bits per heavy atom. The molecule has 28 heavy (non-hydrogen) atoms. The number of nitrogens with zero attached hydrogens (tertiary/aromatic N) is 1. The van der Waals surface area contributed by atoms with Crippen molar-refractivity contribution in [3.8, 4) is 11.3 Å². The summed E-state index contributed by atoms with van der Waals surface area (Å²) < 4.78 is 3.92. The van der Waals surface area contributed by atoms with E-state index in [1.807, 2.05) is 0 Å². The second-order valence-corrected chi connectivity index (χ2v) is 21.8. The van der Waals surface area contributed by atoms with Gasteiger partial charge in [0.25, 0.3) is 0 Å². The Morgan fingerprint density at radius 1 is 0.679 bits per heavy atom. The Kier molecular flexibility index (Phi) is 6.05. The predicted molar refractivity (Wildman–Crippen MR) is 127 cm³/mol. The molecule has 2 aromatic carbocycles. The van der Waals surface area contributed by atoms with E-state index in [2.05, 4.69) is 104 Å². The molecular weight excluding hydrogens is 399 g/mol. The van der Waals surface area contributed by atoms with E-state index in [-0.39, 0.29) is 0 Å². The van der Waals surface area contributed by atoms with E-state index in [1.165, 1.54) is 27.5 Å². The van der Waals surface area contributed by atoms with Gasteiger partial charge in [0.2, 0.25) is 0 Å². The van der Waals surface area contributed by atoms with Gasteiger partial charge in [-0.2, -0.15) is 0 Å². The molecule has 1 nitrogen and oxygen atoms in total. The van der Waals surface area contributed by atoms with E-state index in [0.717, 1.165) is 19.9 Å². The van der Waals surface area contributed by atoms with Crippen LogP contribution in [0.4, 0.5) is 0 Å². The van der Waals surface area contributed by atoms with E-state index in [4.69, 9.17) is 4.98 Å². The van der Waals surface area contributed by atoms with Crippen LogP contribution in [0.1, 0.15) is 52.7 Å². The van der Waals surface area contributed by atoms with E-state index in [9.17, 15) is 0 Å². The van der Waals surface area contributed by atoms with Crippen molar-refractivity contribution in [2.45, 2.75) is 69.6 Å². The van der Waals surface area contributed by atoms with E-state index < -0.39 is 13.3 Å². The number of hydrogen-bond acceptors (Lipinski definition) is 1. The Labute approximate surface area is 174 Å². The van der Waals surface area contributed by atoms with Gasteiger partial charge in [0.05, 0.1) is 0 Å². The molecule has 0 amide bonds. The van der Waals surface area contributed by atoms with Crippen LogP contribution in [0.15, 0.2) is 48.7 Å². The first-order valence-electron chi connectivity index (χ1n) is 10.6. The third-order valence-corrected chi connectivity index (χ3v) is 21.4. The molecule has 0 saturated carbocycles. The van der Waals surface area contributed by atoms with E-state index in [0.29, 0.717) is 0 Å². The summed E-state index contributed by atoms with van der Waals surface area (Å²) in [6.07, 6.45) is 2.08. The average Bonchev–Trinajstić information content (AvgIpc) is 2.60. The zero-order chi connectivity index (χ0) is 20.6. The fourth-order valence-electron chi connectivity index (χ4n) is 5.69. The molecule has 0 aliphatic carbocycles. The van der Waals surface area contributed by atoms with Crippen LogP contribution in [0.2, 0.25) is 14.3 Å². The van der Waals surface area contributed by atoms with Crippen LogP contribution in [-0.2, 0) is 0 Å². The zero-order valence-corrected chi connectivity index (χ0v) is 20.9. The summed E-state index contributed by atoms with van der Waals surface area (Å²) in [6, 6.07) is 16.2. The van der Waals surface area contributed by atoms with Crippen LogP contribution in [-0.4, -0.2) is 18.3 Å². The van der Waals surface area contributed by atoms with Crippen molar-refractivity contribution in [3.63, 3.8) is 0 Å². The molecule has 0 N–H and O–H groups in total. The van der Waals surface area contributed by atoms with Gasteiger partial charge in [0.15, 0.2) is 0 Å². The Bertz CT molecular complexity index is 943. The Balaban J connectivity index is 2.13. The molecule has 0 spiro atoms. The molecule has 0 atom stereocenters. The van der Waals surface area contributed by atoms with Gasteiger partial charge in [-0.3, -0.25) is 0 Å². The van der Waals surface area contributed by atoms with Gasteiger partial charge in [0.1, 0.15) is 0 Å². The van der Waals surface area contributed by atoms with Crippen LogP contribution < -0.4 is 4.40 Å². The SMILES string of the molecule is Cc1cc(C)cc(-c2cc3cc[c]([Ge]([CH](C)C)([CH](C)C)[CH](C)C)cc3cn2)c1. The molecule has 3 aromatic rings. The van der Waals surface area contributed by atoms with Crippen LogP contribution in [0.25, 0.3) is 22.0 Å². The molecule has 0 aliphatic heterocycles. The number of hydrogen-bond donors (Lipinski definition) is 0. The van der Waals surface area contributed by atoms with Crippen molar-refractivity contribution in [3.05, 3.63) is 59.8 Å². The maximum atomic E-state index is 4.84. The summed E-state index contributed by atoms with van der Waals surface area (Å²) in [5.74, 6) is 0. The molecule has 0 unspecified atom stereocenters. The average molecular weight is 434 g/mol. The molecule has 0 aliphatic rings. The minimum absolute atomic E-state index is 0.764. The monoisotopic (exact) mass is 435 g/mol. The van der Waals surface area contributed by atoms with Gasteiger partial charge in [-0.1, -0.05) is 0 Å². The number of rotatable bonds is 5. The normalized spacial score (nSPS) is 12.5. The summed E-state index contributed by atoms with van der Waals surface area (Å²) >= 11 is -2.27. The quantitative estimate of drug-likeness (QED) is 0.381. The number of pyridine rings is 1. The molecule has 0 bridgehead atoms. The molecule has 2 heteroatoms. The van der Waals surface area contributed by atoms with Gasteiger partial charge in [-0.05, 0) is 0 Å². The molecule has 1 aromatic heterocycles. The molecule has 0 radical (unpaired) electrons. The second-order valence-electron chi connectivity index (χ2n) is 9.40. The molecular formula is C26H35GeN. The first kappa shape index (κ1) is 21.1. The molecule has 3 rings (SSSR count). The molecule has 0 fully saturated rings. The first-order valence-corrected chi connectivity index (χ1v) is 15.3. The van der Waals surface area contributed by atoms with Crippen molar-refractivity contribution < 1.29 is 0 Å². The van der Waals surface area contributed by atoms with E-state index >= 15 is 0 Å². The van der Waals surface area contributed by atoms with Crippen LogP contribution in [0, 0.1) is 13.8 Å². The standard InChI is InChI=1S/C26H35GeN/c1-17(2)27(18(3)4,19(5)6)25-10-9-22-15-26(28-16-24(22)14-25)23-12-20(7)11-21(8)13-23/h9-19H,1-8H3. The van der Waals surface area contributed by atoms with Gasteiger partial charge >= 0.3 is 174 Å². The topological polar surface area (TPSA) is 12.9 Å². The van der Waals surface area contributed by atoms with Crippen LogP contribution >= 0.6 is 0 Å².